The smallest absolute Gasteiger partial charge is 0.239 e. The van der Waals surface area contributed by atoms with Crippen LogP contribution in [0.4, 0.5) is 4.39 Å². The molecule has 0 saturated carbocycles. The molecule has 0 bridgehead atoms. The molecule has 10 heteroatoms. The molecule has 2 fully saturated rings. The zero-order chi connectivity index (χ0) is 31.2. The van der Waals surface area contributed by atoms with E-state index in [0.29, 0.717) is 60.7 Å². The Kier molecular flexibility index (Phi) is 11.0. The van der Waals surface area contributed by atoms with Crippen LogP contribution in [0.2, 0.25) is 10.0 Å². The highest BCUT2D eigenvalue weighted by molar-refractivity contribution is 6.35. The van der Waals surface area contributed by atoms with Crippen LogP contribution in [0, 0.1) is 11.7 Å². The van der Waals surface area contributed by atoms with Gasteiger partial charge in [0, 0.05) is 55.4 Å². The number of nitrogens with two attached hydrogens (primary N) is 1. The number of aromatic hydroxyl groups is 1. The monoisotopic (exact) mass is 642 g/mol. The third-order valence-corrected chi connectivity index (χ3v) is 9.53. The number of amides is 1. The van der Waals surface area contributed by atoms with Crippen LogP contribution in [0.3, 0.4) is 0 Å². The number of rotatable bonds is 10. The highest BCUT2D eigenvalue weighted by Crippen LogP contribution is 2.37. The van der Waals surface area contributed by atoms with Crippen molar-refractivity contribution >= 4 is 29.1 Å². The number of halogens is 3. The quantitative estimate of drug-likeness (QED) is 0.290. The molecule has 0 radical (unpaired) electrons. The number of phenolic OH excluding ortho intramolecular Hbond substituents is 1. The summed E-state index contributed by atoms with van der Waals surface area (Å²) in [5.41, 5.74) is 9.93. The van der Waals surface area contributed by atoms with Crippen LogP contribution in [0.1, 0.15) is 30.9 Å². The maximum atomic E-state index is 14.5. The molecule has 0 aliphatic carbocycles. The van der Waals surface area contributed by atoms with Gasteiger partial charge in [-0.15, -0.1) is 0 Å². The Labute approximate surface area is 269 Å². The third-order valence-electron chi connectivity index (χ3n) is 8.90. The molecule has 1 amide bonds. The van der Waals surface area contributed by atoms with Gasteiger partial charge < -0.3 is 25.4 Å². The molecular weight excluding hydrogens is 602 g/mol. The maximum absolute atomic E-state index is 14.5. The van der Waals surface area contributed by atoms with Gasteiger partial charge in [0.25, 0.3) is 0 Å². The van der Waals surface area contributed by atoms with Gasteiger partial charge in [0.1, 0.15) is 17.3 Å². The van der Waals surface area contributed by atoms with Crippen LogP contribution in [-0.4, -0.2) is 84.2 Å². The van der Waals surface area contributed by atoms with E-state index in [2.05, 4.69) is 9.80 Å². The van der Waals surface area contributed by atoms with Crippen molar-refractivity contribution in [2.45, 2.75) is 38.8 Å². The van der Waals surface area contributed by atoms with Gasteiger partial charge in [-0.3, -0.25) is 9.69 Å². The van der Waals surface area contributed by atoms with Crippen molar-refractivity contribution in [1.82, 2.24) is 14.7 Å². The molecule has 3 N–H and O–H groups in total. The summed E-state index contributed by atoms with van der Waals surface area (Å²) < 4.78 is 20.2. The van der Waals surface area contributed by atoms with E-state index in [1.807, 2.05) is 36.1 Å². The zero-order valence-corrected chi connectivity index (χ0v) is 26.7. The molecule has 2 heterocycles. The summed E-state index contributed by atoms with van der Waals surface area (Å²) in [6, 6.07) is 15.4. The second kappa shape index (κ2) is 14.9. The molecule has 236 valence electrons. The van der Waals surface area contributed by atoms with Crippen LogP contribution < -0.4 is 10.5 Å². The van der Waals surface area contributed by atoms with Crippen LogP contribution in [-0.2, 0) is 17.8 Å². The van der Waals surface area contributed by atoms with Crippen molar-refractivity contribution in [3.05, 3.63) is 81.6 Å². The normalized spacial score (nSPS) is 17.5. The minimum Gasteiger partial charge on any atom is -0.506 e. The molecule has 0 unspecified atom stereocenters. The lowest BCUT2D eigenvalue weighted by Gasteiger charge is -2.39. The third kappa shape index (κ3) is 7.66. The molecule has 3 aromatic carbocycles. The van der Waals surface area contributed by atoms with E-state index < -0.39 is 6.04 Å². The topological polar surface area (TPSA) is 82.3 Å². The molecule has 3 aromatic rings. The molecule has 5 rings (SSSR count). The summed E-state index contributed by atoms with van der Waals surface area (Å²) in [5.74, 6) is 0.510. The highest BCUT2D eigenvalue weighted by atomic mass is 35.5. The Hall–Kier alpha value is -2.88. The predicted octanol–water partition coefficient (Wildman–Crippen LogP) is 5.83. The predicted molar refractivity (Wildman–Crippen MR) is 174 cm³/mol. The standard InChI is InChI=1S/C34H41Cl2FN4O3/c1-2-44-31-8-4-6-29(37)28(31)22-40-17-19-41(20-18-40)34(43)33(38)23-11-14-39(15-12-23)16-13-24-21-25(35)9-10-26(24)27-5-3-7-30(42)32(27)36/h3-10,21,23,33,42H,2,11-20,22,38H2,1H3/t33-/m1/s1. The fraction of sp³-hybridized carbons (Fsp3) is 0.441. The van der Waals surface area contributed by atoms with Gasteiger partial charge in [-0.1, -0.05) is 47.5 Å². The Morgan fingerprint density at radius 1 is 1.00 bits per heavy atom. The average Bonchev–Trinajstić information content (AvgIpc) is 3.03. The number of ether oxygens (including phenoxy) is 1. The fourth-order valence-corrected chi connectivity index (χ4v) is 6.74. The Bertz CT molecular complexity index is 1440. The van der Waals surface area contributed by atoms with Gasteiger partial charge in [-0.25, -0.2) is 4.39 Å². The second-order valence-corrected chi connectivity index (χ2v) is 12.5. The Morgan fingerprint density at radius 2 is 1.73 bits per heavy atom. The molecule has 7 nitrogen and oxygen atoms in total. The molecular formula is C34H41Cl2FN4O3. The second-order valence-electron chi connectivity index (χ2n) is 11.6. The minimum absolute atomic E-state index is 0.00978. The Balaban J connectivity index is 1.10. The highest BCUT2D eigenvalue weighted by Gasteiger charge is 2.33. The number of piperidine rings is 1. The molecule has 2 aliphatic heterocycles. The van der Waals surface area contributed by atoms with Crippen molar-refractivity contribution in [2.24, 2.45) is 11.7 Å². The van der Waals surface area contributed by atoms with Gasteiger partial charge in [0.2, 0.25) is 5.91 Å². The fourth-order valence-electron chi connectivity index (χ4n) is 6.32. The first-order chi connectivity index (χ1) is 21.2. The van der Waals surface area contributed by atoms with E-state index in [-0.39, 0.29) is 23.4 Å². The SMILES string of the molecule is CCOc1cccc(F)c1CN1CCN(C(=O)[C@H](N)C2CCN(CCc3cc(Cl)ccc3-c3cccc(O)c3Cl)CC2)CC1. The molecule has 0 aromatic heterocycles. The molecule has 44 heavy (non-hydrogen) atoms. The number of hydrogen-bond donors (Lipinski definition) is 2. The number of carbonyl (C=O) groups is 1. The van der Waals surface area contributed by atoms with Crippen LogP contribution in [0.5, 0.6) is 11.5 Å². The van der Waals surface area contributed by atoms with Crippen molar-refractivity contribution in [3.63, 3.8) is 0 Å². The largest absolute Gasteiger partial charge is 0.506 e. The van der Waals surface area contributed by atoms with Gasteiger partial charge in [-0.05, 0) is 86.7 Å². The van der Waals surface area contributed by atoms with E-state index in [9.17, 15) is 14.3 Å². The summed E-state index contributed by atoms with van der Waals surface area (Å²) in [7, 11) is 0. The molecule has 2 saturated heterocycles. The van der Waals surface area contributed by atoms with Gasteiger partial charge in [0.15, 0.2) is 0 Å². The number of likely N-dealkylation sites (tertiary alicyclic amines) is 1. The van der Waals surface area contributed by atoms with Gasteiger partial charge in [0.05, 0.1) is 17.7 Å². The van der Waals surface area contributed by atoms with E-state index >= 15 is 0 Å². The lowest BCUT2D eigenvalue weighted by Crippen LogP contribution is -2.55. The lowest BCUT2D eigenvalue weighted by molar-refractivity contribution is -0.136. The van der Waals surface area contributed by atoms with Crippen molar-refractivity contribution in [1.29, 1.82) is 0 Å². The van der Waals surface area contributed by atoms with Gasteiger partial charge in [-0.2, -0.15) is 0 Å². The minimum atomic E-state index is -0.521. The van der Waals surface area contributed by atoms with Crippen LogP contribution in [0.25, 0.3) is 11.1 Å². The summed E-state index contributed by atoms with van der Waals surface area (Å²) in [6.07, 6.45) is 2.50. The number of benzene rings is 3. The summed E-state index contributed by atoms with van der Waals surface area (Å²) >= 11 is 12.8. The summed E-state index contributed by atoms with van der Waals surface area (Å²) in [4.78, 5) is 19.8. The number of carbonyl (C=O) groups excluding carboxylic acids is 1. The van der Waals surface area contributed by atoms with E-state index in [0.717, 1.165) is 55.6 Å². The number of piperazine rings is 1. The Morgan fingerprint density at radius 3 is 2.45 bits per heavy atom. The number of phenols is 1. The number of nitrogens with zero attached hydrogens (tertiary/aromatic N) is 3. The summed E-state index contributed by atoms with van der Waals surface area (Å²) in [5, 5.41) is 11.1. The van der Waals surface area contributed by atoms with Crippen molar-refractivity contribution in [3.8, 4) is 22.6 Å². The van der Waals surface area contributed by atoms with Crippen LogP contribution in [0.15, 0.2) is 54.6 Å². The van der Waals surface area contributed by atoms with Crippen molar-refractivity contribution < 1.29 is 19.0 Å². The summed E-state index contributed by atoms with van der Waals surface area (Å²) in [6.45, 7) is 7.88. The maximum Gasteiger partial charge on any atom is 0.239 e. The molecule has 1 atom stereocenters. The van der Waals surface area contributed by atoms with E-state index in [1.165, 1.54) is 6.07 Å². The first kappa shape index (κ1) is 32.5. The first-order valence-corrected chi connectivity index (χ1v) is 16.2. The first-order valence-electron chi connectivity index (χ1n) is 15.4. The number of hydrogen-bond acceptors (Lipinski definition) is 6. The molecule has 0 spiro atoms. The van der Waals surface area contributed by atoms with E-state index in [4.69, 9.17) is 33.7 Å². The zero-order valence-electron chi connectivity index (χ0n) is 25.2. The lowest BCUT2D eigenvalue weighted by atomic mass is 9.88. The average molecular weight is 644 g/mol. The van der Waals surface area contributed by atoms with Crippen molar-refractivity contribution in [2.75, 3.05) is 52.4 Å². The molecule has 2 aliphatic rings. The van der Waals surface area contributed by atoms with Gasteiger partial charge >= 0.3 is 0 Å². The van der Waals surface area contributed by atoms with Crippen LogP contribution >= 0.6 is 23.2 Å². The van der Waals surface area contributed by atoms with E-state index in [1.54, 1.807) is 24.3 Å².